The van der Waals surface area contributed by atoms with E-state index in [-0.39, 0.29) is 0 Å². The third-order valence-corrected chi connectivity index (χ3v) is 3.51. The molecule has 0 atom stereocenters. The van der Waals surface area contributed by atoms with E-state index < -0.39 is 0 Å². The van der Waals surface area contributed by atoms with Crippen LogP contribution in [-0.4, -0.2) is 13.1 Å². The minimum atomic E-state index is 0.581. The van der Waals surface area contributed by atoms with Gasteiger partial charge in [-0.15, -0.1) is 0 Å². The summed E-state index contributed by atoms with van der Waals surface area (Å²) >= 11 is 6.03. The van der Waals surface area contributed by atoms with Crippen LogP contribution in [0.3, 0.4) is 0 Å². The molecule has 1 aliphatic rings. The summed E-state index contributed by atoms with van der Waals surface area (Å²) in [6.07, 6.45) is 4.14. The Balaban J connectivity index is 2.05. The van der Waals surface area contributed by atoms with Crippen molar-refractivity contribution in [1.82, 2.24) is 5.32 Å². The number of fused-ring (bicyclic) bond motifs is 1. The molecule has 1 aliphatic heterocycles. The van der Waals surface area contributed by atoms with Gasteiger partial charge in [0.1, 0.15) is 5.58 Å². The fraction of sp³-hybridized carbons (Fsp3) is 0.385. The largest absolute Gasteiger partial charge is 0.464 e. The van der Waals surface area contributed by atoms with Crippen LogP contribution in [0.15, 0.2) is 28.9 Å². The molecule has 0 spiro atoms. The predicted molar refractivity (Wildman–Crippen MR) is 65.1 cm³/mol. The molecule has 0 bridgehead atoms. The molecule has 1 aromatic carbocycles. The van der Waals surface area contributed by atoms with Crippen LogP contribution >= 0.6 is 11.6 Å². The van der Waals surface area contributed by atoms with Gasteiger partial charge in [-0.25, -0.2) is 5.32 Å². The van der Waals surface area contributed by atoms with Crippen molar-refractivity contribution in [3.8, 4) is 0 Å². The number of piperidine rings is 1. The fourth-order valence-corrected chi connectivity index (χ4v) is 2.57. The number of furan rings is 1. The molecule has 0 saturated carbocycles. The van der Waals surface area contributed by atoms with E-state index in [1.807, 2.05) is 24.5 Å². The van der Waals surface area contributed by atoms with Gasteiger partial charge >= 0.3 is 0 Å². The third kappa shape index (κ3) is 1.72. The zero-order valence-electron chi connectivity index (χ0n) is 8.95. The maximum absolute atomic E-state index is 6.03. The van der Waals surface area contributed by atoms with Crippen molar-refractivity contribution in [2.45, 2.75) is 18.8 Å². The normalized spacial score (nSPS) is 18.1. The van der Waals surface area contributed by atoms with Crippen LogP contribution < -0.4 is 5.32 Å². The molecule has 2 heterocycles. The van der Waals surface area contributed by atoms with Crippen LogP contribution in [0.25, 0.3) is 11.0 Å². The highest BCUT2D eigenvalue weighted by Crippen LogP contribution is 2.34. The van der Waals surface area contributed by atoms with Gasteiger partial charge in [0.05, 0.1) is 6.26 Å². The number of rotatable bonds is 1. The molecule has 16 heavy (non-hydrogen) atoms. The Bertz CT molecular complexity index is 500. The summed E-state index contributed by atoms with van der Waals surface area (Å²) in [7, 11) is 0. The van der Waals surface area contributed by atoms with Crippen LogP contribution in [0.1, 0.15) is 24.3 Å². The van der Waals surface area contributed by atoms with E-state index in [0.29, 0.717) is 5.92 Å². The summed E-state index contributed by atoms with van der Waals surface area (Å²) in [5, 5.41) is 6.32. The average molecular weight is 235 g/mol. The monoisotopic (exact) mass is 234 g/mol. The molecule has 0 N–H and O–H groups in total. The first-order valence-corrected chi connectivity index (χ1v) is 6.02. The summed E-state index contributed by atoms with van der Waals surface area (Å²) in [4.78, 5) is 0. The van der Waals surface area contributed by atoms with Crippen LogP contribution in [0.4, 0.5) is 0 Å². The van der Waals surface area contributed by atoms with E-state index >= 15 is 0 Å². The smallest absolute Gasteiger partial charge is 0.134 e. The summed E-state index contributed by atoms with van der Waals surface area (Å²) in [5.41, 5.74) is 2.23. The minimum Gasteiger partial charge on any atom is -0.464 e. The zero-order chi connectivity index (χ0) is 11.0. The van der Waals surface area contributed by atoms with Crippen LogP contribution in [-0.2, 0) is 0 Å². The summed E-state index contributed by atoms with van der Waals surface area (Å²) < 4.78 is 5.57. The van der Waals surface area contributed by atoms with Gasteiger partial charge in [-0.3, -0.25) is 0 Å². The quantitative estimate of drug-likeness (QED) is 0.741. The molecular weight excluding hydrogens is 222 g/mol. The number of hydrogen-bond acceptors (Lipinski definition) is 1. The Morgan fingerprint density at radius 3 is 2.88 bits per heavy atom. The molecule has 0 unspecified atom stereocenters. The lowest BCUT2D eigenvalue weighted by Crippen LogP contribution is -2.20. The Labute approximate surface area is 99.6 Å². The van der Waals surface area contributed by atoms with Crippen molar-refractivity contribution in [3.63, 3.8) is 0 Å². The maximum Gasteiger partial charge on any atom is 0.134 e. The van der Waals surface area contributed by atoms with Crippen molar-refractivity contribution >= 4 is 22.6 Å². The van der Waals surface area contributed by atoms with E-state index in [0.717, 1.165) is 36.5 Å². The topological polar surface area (TPSA) is 27.2 Å². The zero-order valence-corrected chi connectivity index (χ0v) is 9.70. The van der Waals surface area contributed by atoms with E-state index in [9.17, 15) is 0 Å². The Morgan fingerprint density at radius 2 is 2.06 bits per heavy atom. The van der Waals surface area contributed by atoms with Gasteiger partial charge in [0.15, 0.2) is 0 Å². The number of nitrogens with zero attached hydrogens (tertiary/aromatic N) is 1. The first-order chi connectivity index (χ1) is 7.84. The average Bonchev–Trinajstić information content (AvgIpc) is 2.73. The van der Waals surface area contributed by atoms with Crippen molar-refractivity contribution in [2.24, 2.45) is 0 Å². The van der Waals surface area contributed by atoms with Gasteiger partial charge in [-0.2, -0.15) is 0 Å². The van der Waals surface area contributed by atoms with Gasteiger partial charge in [0.25, 0.3) is 0 Å². The molecule has 1 fully saturated rings. The highest BCUT2D eigenvalue weighted by Gasteiger charge is 2.20. The van der Waals surface area contributed by atoms with Crippen LogP contribution in [0.5, 0.6) is 0 Å². The summed E-state index contributed by atoms with van der Waals surface area (Å²) in [5.74, 6) is 0.581. The van der Waals surface area contributed by atoms with E-state index in [4.69, 9.17) is 16.0 Å². The highest BCUT2D eigenvalue weighted by molar-refractivity contribution is 6.31. The maximum atomic E-state index is 6.03. The molecule has 1 aromatic heterocycles. The Kier molecular flexibility index (Phi) is 2.62. The van der Waals surface area contributed by atoms with Gasteiger partial charge in [-0.05, 0) is 37.0 Å². The molecule has 2 aromatic rings. The standard InChI is InChI=1S/C13H13ClNO/c14-10-1-2-13-11(7-10)12(8-16-13)9-3-5-15-6-4-9/h1-2,7-9H,3-6H2. The summed E-state index contributed by atoms with van der Waals surface area (Å²) in [6, 6.07) is 5.81. The van der Waals surface area contributed by atoms with Crippen molar-refractivity contribution in [3.05, 3.63) is 35.0 Å². The van der Waals surface area contributed by atoms with Crippen molar-refractivity contribution in [2.75, 3.05) is 13.1 Å². The van der Waals surface area contributed by atoms with Gasteiger partial charge in [-0.1, -0.05) is 11.6 Å². The Morgan fingerprint density at radius 1 is 1.25 bits per heavy atom. The first kappa shape index (κ1) is 10.2. The Hall–Kier alpha value is -0.990. The molecule has 3 heteroatoms. The SMILES string of the molecule is Clc1ccc2occ(C3CC[N]CC3)c2c1. The van der Waals surface area contributed by atoms with Crippen LogP contribution in [0.2, 0.25) is 5.02 Å². The van der Waals surface area contributed by atoms with Gasteiger partial charge < -0.3 is 4.42 Å². The van der Waals surface area contributed by atoms with Gasteiger partial charge in [0, 0.05) is 29.1 Å². The number of halogens is 1. The van der Waals surface area contributed by atoms with E-state index in [1.165, 1.54) is 10.9 Å². The molecule has 0 amide bonds. The predicted octanol–water partition coefficient (Wildman–Crippen LogP) is 3.57. The number of hydrogen-bond donors (Lipinski definition) is 0. The lowest BCUT2D eigenvalue weighted by molar-refractivity contribution is 0.451. The summed E-state index contributed by atoms with van der Waals surface area (Å²) in [6.45, 7) is 1.94. The molecule has 1 radical (unpaired) electrons. The van der Waals surface area contributed by atoms with Crippen molar-refractivity contribution in [1.29, 1.82) is 0 Å². The molecular formula is C13H13ClNO. The van der Waals surface area contributed by atoms with Crippen molar-refractivity contribution < 1.29 is 4.42 Å². The highest BCUT2D eigenvalue weighted by atomic mass is 35.5. The molecule has 83 valence electrons. The number of benzene rings is 1. The van der Waals surface area contributed by atoms with Crippen LogP contribution in [0, 0.1) is 0 Å². The molecule has 0 aliphatic carbocycles. The van der Waals surface area contributed by atoms with Gasteiger partial charge in [0.2, 0.25) is 0 Å². The lowest BCUT2D eigenvalue weighted by Gasteiger charge is -2.20. The second-order valence-electron chi connectivity index (χ2n) is 4.28. The van der Waals surface area contributed by atoms with E-state index in [2.05, 4.69) is 5.32 Å². The lowest BCUT2D eigenvalue weighted by atomic mass is 9.90. The second-order valence-corrected chi connectivity index (χ2v) is 4.71. The second kappa shape index (κ2) is 4.11. The molecule has 1 saturated heterocycles. The molecule has 2 nitrogen and oxygen atoms in total. The first-order valence-electron chi connectivity index (χ1n) is 5.64. The minimum absolute atomic E-state index is 0.581. The fourth-order valence-electron chi connectivity index (χ4n) is 2.40. The van der Waals surface area contributed by atoms with E-state index in [1.54, 1.807) is 0 Å². The molecule has 3 rings (SSSR count). The third-order valence-electron chi connectivity index (χ3n) is 3.28.